The third kappa shape index (κ3) is 5.39. The molecule has 0 unspecified atom stereocenters. The van der Waals surface area contributed by atoms with Crippen LogP contribution in [0.3, 0.4) is 0 Å². The fourth-order valence-corrected chi connectivity index (χ4v) is 3.62. The summed E-state index contributed by atoms with van der Waals surface area (Å²) in [6.45, 7) is 2.08. The lowest BCUT2D eigenvalue weighted by atomic mass is 10.2. The molecule has 3 aromatic rings. The number of thiazole rings is 1. The van der Waals surface area contributed by atoms with Gasteiger partial charge in [0.2, 0.25) is 5.91 Å². The Morgan fingerprint density at radius 2 is 1.86 bits per heavy atom. The standard InChI is InChI=1S/C21H20FN3O3S/c1-13-20(21(27)23-12-14-7-9-15(28-2)10-8-14)29-19(24-13)11-18(26)25-17-6-4-3-5-16(17)22/h3-10H,11-12H2,1-2H3,(H,23,27)(H,25,26). The molecule has 0 aliphatic carbocycles. The first-order valence-corrected chi connectivity index (χ1v) is 9.69. The predicted octanol–water partition coefficient (Wildman–Crippen LogP) is 3.71. The van der Waals surface area contributed by atoms with Gasteiger partial charge in [0.05, 0.1) is 24.9 Å². The highest BCUT2D eigenvalue weighted by Crippen LogP contribution is 2.20. The quantitative estimate of drug-likeness (QED) is 0.619. The number of aromatic nitrogens is 1. The van der Waals surface area contributed by atoms with Crippen molar-refractivity contribution in [1.82, 2.24) is 10.3 Å². The number of nitrogens with zero attached hydrogens (tertiary/aromatic N) is 1. The molecule has 0 saturated heterocycles. The summed E-state index contributed by atoms with van der Waals surface area (Å²) >= 11 is 1.15. The van der Waals surface area contributed by atoms with Gasteiger partial charge in [-0.1, -0.05) is 24.3 Å². The number of methoxy groups -OCH3 is 1. The van der Waals surface area contributed by atoms with Crippen LogP contribution < -0.4 is 15.4 Å². The van der Waals surface area contributed by atoms with E-state index in [9.17, 15) is 14.0 Å². The van der Waals surface area contributed by atoms with Gasteiger partial charge in [0.15, 0.2) is 0 Å². The first kappa shape index (κ1) is 20.5. The van der Waals surface area contributed by atoms with E-state index in [1.807, 2.05) is 24.3 Å². The molecule has 150 valence electrons. The first-order valence-electron chi connectivity index (χ1n) is 8.88. The second kappa shape index (κ2) is 9.29. The van der Waals surface area contributed by atoms with E-state index in [4.69, 9.17) is 4.74 Å². The molecule has 1 heterocycles. The van der Waals surface area contributed by atoms with Crippen molar-refractivity contribution >= 4 is 28.8 Å². The number of hydrogen-bond donors (Lipinski definition) is 2. The van der Waals surface area contributed by atoms with Crippen molar-refractivity contribution < 1.29 is 18.7 Å². The number of carbonyl (C=O) groups is 2. The number of hydrogen-bond acceptors (Lipinski definition) is 5. The Morgan fingerprint density at radius 3 is 2.55 bits per heavy atom. The number of amides is 2. The number of benzene rings is 2. The molecule has 0 saturated carbocycles. The van der Waals surface area contributed by atoms with Gasteiger partial charge in [-0.2, -0.15) is 0 Å². The number of aryl methyl sites for hydroxylation is 1. The Bertz CT molecular complexity index is 1020. The predicted molar refractivity (Wildman–Crippen MR) is 110 cm³/mol. The number of rotatable bonds is 7. The molecule has 1 aromatic heterocycles. The molecule has 0 bridgehead atoms. The Balaban J connectivity index is 1.59. The van der Waals surface area contributed by atoms with Crippen LogP contribution in [0, 0.1) is 12.7 Å². The topological polar surface area (TPSA) is 80.3 Å². The average molecular weight is 413 g/mol. The minimum Gasteiger partial charge on any atom is -0.497 e. The summed E-state index contributed by atoms with van der Waals surface area (Å²) in [5.74, 6) is -0.405. The van der Waals surface area contributed by atoms with Crippen LogP contribution in [0.5, 0.6) is 5.75 Å². The third-order valence-electron chi connectivity index (χ3n) is 4.12. The summed E-state index contributed by atoms with van der Waals surface area (Å²) in [6.07, 6.45) is -0.0361. The third-order valence-corrected chi connectivity index (χ3v) is 5.28. The molecule has 0 radical (unpaired) electrons. The van der Waals surface area contributed by atoms with E-state index < -0.39 is 11.7 Å². The lowest BCUT2D eigenvalue weighted by Crippen LogP contribution is -2.22. The van der Waals surface area contributed by atoms with Crippen LogP contribution in [0.25, 0.3) is 0 Å². The van der Waals surface area contributed by atoms with Gasteiger partial charge in [0.1, 0.15) is 21.5 Å². The molecule has 0 spiro atoms. The highest BCUT2D eigenvalue weighted by atomic mass is 32.1. The molecule has 2 aromatic carbocycles. The molecule has 3 rings (SSSR count). The van der Waals surface area contributed by atoms with E-state index in [1.165, 1.54) is 12.1 Å². The van der Waals surface area contributed by atoms with Crippen molar-refractivity contribution in [3.05, 3.63) is 75.5 Å². The lowest BCUT2D eigenvalue weighted by molar-refractivity contribution is -0.115. The zero-order valence-electron chi connectivity index (χ0n) is 16.0. The minimum atomic E-state index is -0.505. The van der Waals surface area contributed by atoms with E-state index in [-0.39, 0.29) is 18.0 Å². The first-order chi connectivity index (χ1) is 14.0. The van der Waals surface area contributed by atoms with Crippen molar-refractivity contribution in [3.8, 4) is 5.75 Å². The summed E-state index contributed by atoms with van der Waals surface area (Å²) in [4.78, 5) is 29.4. The number of carbonyl (C=O) groups excluding carboxylic acids is 2. The van der Waals surface area contributed by atoms with Crippen LogP contribution in [-0.2, 0) is 17.8 Å². The van der Waals surface area contributed by atoms with E-state index in [1.54, 1.807) is 26.2 Å². The Labute approximate surface area is 171 Å². The maximum atomic E-state index is 13.6. The average Bonchev–Trinajstić information content (AvgIpc) is 3.08. The lowest BCUT2D eigenvalue weighted by Gasteiger charge is -2.05. The Hall–Kier alpha value is -3.26. The molecule has 8 heteroatoms. The van der Waals surface area contributed by atoms with Crippen LogP contribution in [0.4, 0.5) is 10.1 Å². The van der Waals surface area contributed by atoms with Gasteiger partial charge in [-0.3, -0.25) is 9.59 Å². The normalized spacial score (nSPS) is 10.4. The van der Waals surface area contributed by atoms with E-state index in [2.05, 4.69) is 15.6 Å². The summed E-state index contributed by atoms with van der Waals surface area (Å²) in [7, 11) is 1.59. The van der Waals surface area contributed by atoms with Gasteiger partial charge in [-0.25, -0.2) is 9.37 Å². The van der Waals surface area contributed by atoms with E-state index >= 15 is 0 Å². The zero-order chi connectivity index (χ0) is 20.8. The van der Waals surface area contributed by atoms with Crippen LogP contribution >= 0.6 is 11.3 Å². The Kier molecular flexibility index (Phi) is 6.56. The number of anilines is 1. The second-order valence-electron chi connectivity index (χ2n) is 6.26. The summed E-state index contributed by atoms with van der Waals surface area (Å²) in [5, 5.41) is 5.85. The summed E-state index contributed by atoms with van der Waals surface area (Å²) < 4.78 is 18.8. The fourth-order valence-electron chi connectivity index (χ4n) is 2.64. The molecule has 2 amide bonds. The second-order valence-corrected chi connectivity index (χ2v) is 7.34. The highest BCUT2D eigenvalue weighted by molar-refractivity contribution is 7.13. The molecule has 2 N–H and O–H groups in total. The number of para-hydroxylation sites is 1. The van der Waals surface area contributed by atoms with Crippen LogP contribution in [0.1, 0.15) is 25.9 Å². The van der Waals surface area contributed by atoms with E-state index in [0.29, 0.717) is 22.1 Å². The van der Waals surface area contributed by atoms with Gasteiger partial charge in [0, 0.05) is 6.54 Å². The van der Waals surface area contributed by atoms with Gasteiger partial charge >= 0.3 is 0 Å². The van der Waals surface area contributed by atoms with Crippen LogP contribution in [0.15, 0.2) is 48.5 Å². The molecular formula is C21H20FN3O3S. The number of nitrogens with one attached hydrogen (secondary N) is 2. The Morgan fingerprint density at radius 1 is 1.14 bits per heavy atom. The van der Waals surface area contributed by atoms with Crippen molar-refractivity contribution in [1.29, 1.82) is 0 Å². The van der Waals surface area contributed by atoms with Crippen molar-refractivity contribution in [2.45, 2.75) is 19.9 Å². The molecule has 0 fully saturated rings. The zero-order valence-corrected chi connectivity index (χ0v) is 16.8. The molecule has 6 nitrogen and oxygen atoms in total. The van der Waals surface area contributed by atoms with Crippen molar-refractivity contribution in [2.24, 2.45) is 0 Å². The van der Waals surface area contributed by atoms with Gasteiger partial charge < -0.3 is 15.4 Å². The molecule has 29 heavy (non-hydrogen) atoms. The molecular weight excluding hydrogens is 393 g/mol. The maximum Gasteiger partial charge on any atom is 0.263 e. The highest BCUT2D eigenvalue weighted by Gasteiger charge is 2.17. The minimum absolute atomic E-state index is 0.0361. The smallest absolute Gasteiger partial charge is 0.263 e. The summed E-state index contributed by atoms with van der Waals surface area (Å²) in [5.41, 5.74) is 1.60. The summed E-state index contributed by atoms with van der Waals surface area (Å²) in [6, 6.07) is 13.3. The van der Waals surface area contributed by atoms with Gasteiger partial charge in [-0.05, 0) is 36.8 Å². The van der Waals surface area contributed by atoms with Gasteiger partial charge in [-0.15, -0.1) is 11.3 Å². The molecule has 0 aliphatic heterocycles. The monoisotopic (exact) mass is 413 g/mol. The van der Waals surface area contributed by atoms with Crippen LogP contribution in [0.2, 0.25) is 0 Å². The largest absolute Gasteiger partial charge is 0.497 e. The van der Waals surface area contributed by atoms with Crippen molar-refractivity contribution in [2.75, 3.05) is 12.4 Å². The fraction of sp³-hybridized carbons (Fsp3) is 0.190. The maximum absolute atomic E-state index is 13.6. The van der Waals surface area contributed by atoms with Crippen LogP contribution in [-0.4, -0.2) is 23.9 Å². The molecule has 0 aliphatic rings. The SMILES string of the molecule is COc1ccc(CNC(=O)c2sc(CC(=O)Nc3ccccc3F)nc2C)cc1. The molecule has 0 atom stereocenters. The van der Waals surface area contributed by atoms with Crippen molar-refractivity contribution in [3.63, 3.8) is 0 Å². The van der Waals surface area contributed by atoms with Gasteiger partial charge in [0.25, 0.3) is 5.91 Å². The number of halogens is 1. The number of ether oxygens (including phenoxy) is 1. The van der Waals surface area contributed by atoms with E-state index in [0.717, 1.165) is 22.6 Å².